The van der Waals surface area contributed by atoms with E-state index in [2.05, 4.69) is 30.1 Å². The zero-order valence-corrected chi connectivity index (χ0v) is 19.5. The summed E-state index contributed by atoms with van der Waals surface area (Å²) in [5, 5.41) is 3.73. The number of carbonyl (C=O) groups is 2. The number of piperazine rings is 2. The molecule has 0 saturated carbocycles. The van der Waals surface area contributed by atoms with E-state index in [1.54, 1.807) is 18.5 Å². The Labute approximate surface area is 202 Å². The molecule has 2 amide bonds. The van der Waals surface area contributed by atoms with Gasteiger partial charge in [-0.15, -0.1) is 0 Å². The van der Waals surface area contributed by atoms with E-state index in [1.807, 2.05) is 22.1 Å². The normalized spacial score (nSPS) is 17.6. The molecule has 0 spiro atoms. The van der Waals surface area contributed by atoms with Crippen LogP contribution in [0.5, 0.6) is 0 Å². The molecule has 0 radical (unpaired) electrons. The van der Waals surface area contributed by atoms with Gasteiger partial charge in [0.25, 0.3) is 0 Å². The molecule has 3 aromatic rings. The molecule has 4 heterocycles. The number of anilines is 2. The Balaban J connectivity index is 1.04. The third-order valence-electron chi connectivity index (χ3n) is 6.56. The van der Waals surface area contributed by atoms with Crippen molar-refractivity contribution in [3.05, 3.63) is 48.7 Å². The Morgan fingerprint density at radius 1 is 0.943 bits per heavy atom. The van der Waals surface area contributed by atoms with E-state index in [1.165, 1.54) is 12.1 Å². The fourth-order valence-corrected chi connectivity index (χ4v) is 4.64. The zero-order chi connectivity index (χ0) is 24.2. The number of hydrogen-bond donors (Lipinski definition) is 2. The minimum absolute atomic E-state index is 0.123. The van der Waals surface area contributed by atoms with Gasteiger partial charge in [-0.25, -0.2) is 14.4 Å². The number of carbonyl (C=O) groups excluding carboxylic acids is 2. The molecule has 0 unspecified atom stereocenters. The van der Waals surface area contributed by atoms with Gasteiger partial charge < -0.3 is 20.1 Å². The SMILES string of the molecule is O=C(CN1CCN(C(=O)CN2CCN(c3ncnc4[nH]ccc34)CC2)CC1)Nc1cccc(F)c1. The highest BCUT2D eigenvalue weighted by molar-refractivity contribution is 5.92. The van der Waals surface area contributed by atoms with Crippen LogP contribution in [-0.4, -0.2) is 107 Å². The first-order valence-corrected chi connectivity index (χ1v) is 11.9. The van der Waals surface area contributed by atoms with Crippen LogP contribution in [0.15, 0.2) is 42.9 Å². The van der Waals surface area contributed by atoms with Crippen LogP contribution in [-0.2, 0) is 9.59 Å². The maximum absolute atomic E-state index is 13.3. The molecule has 0 atom stereocenters. The molecule has 2 N–H and O–H groups in total. The molecule has 2 fully saturated rings. The lowest BCUT2D eigenvalue weighted by Gasteiger charge is -2.38. The van der Waals surface area contributed by atoms with Gasteiger partial charge >= 0.3 is 0 Å². The minimum Gasteiger partial charge on any atom is -0.353 e. The number of amides is 2. The van der Waals surface area contributed by atoms with Gasteiger partial charge in [0.15, 0.2) is 0 Å². The Morgan fingerprint density at radius 2 is 1.69 bits per heavy atom. The molecule has 2 aromatic heterocycles. The summed E-state index contributed by atoms with van der Waals surface area (Å²) in [6, 6.07) is 7.84. The van der Waals surface area contributed by atoms with Crippen LogP contribution in [0.25, 0.3) is 11.0 Å². The summed E-state index contributed by atoms with van der Waals surface area (Å²) in [4.78, 5) is 45.3. The third kappa shape index (κ3) is 5.57. The number of halogens is 1. The average molecular weight is 481 g/mol. The van der Waals surface area contributed by atoms with E-state index in [0.29, 0.717) is 38.4 Å². The molecule has 2 aliphatic rings. The Hall–Kier alpha value is -3.57. The smallest absolute Gasteiger partial charge is 0.238 e. The van der Waals surface area contributed by atoms with Gasteiger partial charge in [-0.3, -0.25) is 19.4 Å². The lowest BCUT2D eigenvalue weighted by molar-refractivity contribution is -0.134. The van der Waals surface area contributed by atoms with Crippen molar-refractivity contribution < 1.29 is 14.0 Å². The minimum atomic E-state index is -0.386. The standard InChI is InChI=1S/C24H29FN8O2/c25-18-2-1-3-19(14-18)29-21(34)15-30-6-10-32(11-7-30)22(35)16-31-8-12-33(13-9-31)24-20-4-5-26-23(20)27-17-28-24/h1-5,14,17H,6-13,15-16H2,(H,29,34)(H,26,27,28). The maximum atomic E-state index is 13.3. The van der Waals surface area contributed by atoms with Crippen LogP contribution in [0.4, 0.5) is 15.9 Å². The second-order valence-corrected chi connectivity index (χ2v) is 8.92. The highest BCUT2D eigenvalue weighted by Gasteiger charge is 2.26. The number of benzene rings is 1. The summed E-state index contributed by atoms with van der Waals surface area (Å²) in [7, 11) is 0. The first-order chi connectivity index (χ1) is 17.0. The molecule has 35 heavy (non-hydrogen) atoms. The van der Waals surface area contributed by atoms with Gasteiger partial charge in [-0.1, -0.05) is 6.07 Å². The predicted molar refractivity (Wildman–Crippen MR) is 131 cm³/mol. The van der Waals surface area contributed by atoms with E-state index < -0.39 is 0 Å². The van der Waals surface area contributed by atoms with E-state index in [9.17, 15) is 14.0 Å². The van der Waals surface area contributed by atoms with E-state index in [0.717, 1.165) is 43.0 Å². The van der Waals surface area contributed by atoms with Crippen LogP contribution in [0.3, 0.4) is 0 Å². The lowest BCUT2D eigenvalue weighted by atomic mass is 10.2. The summed E-state index contributed by atoms with van der Waals surface area (Å²) in [5.74, 6) is 0.481. The van der Waals surface area contributed by atoms with Gasteiger partial charge in [0.1, 0.15) is 23.6 Å². The van der Waals surface area contributed by atoms with Crippen molar-refractivity contribution in [3.8, 4) is 0 Å². The van der Waals surface area contributed by atoms with Crippen LogP contribution in [0.2, 0.25) is 0 Å². The second-order valence-electron chi connectivity index (χ2n) is 8.92. The van der Waals surface area contributed by atoms with E-state index in [4.69, 9.17) is 0 Å². The number of nitrogens with one attached hydrogen (secondary N) is 2. The first-order valence-electron chi connectivity index (χ1n) is 11.9. The monoisotopic (exact) mass is 480 g/mol. The van der Waals surface area contributed by atoms with Crippen LogP contribution in [0, 0.1) is 5.82 Å². The topological polar surface area (TPSA) is 101 Å². The number of fused-ring (bicyclic) bond motifs is 1. The zero-order valence-electron chi connectivity index (χ0n) is 19.5. The molecule has 2 saturated heterocycles. The van der Waals surface area contributed by atoms with Gasteiger partial charge in [0, 0.05) is 64.2 Å². The highest BCUT2D eigenvalue weighted by atomic mass is 19.1. The van der Waals surface area contributed by atoms with Crippen LogP contribution < -0.4 is 10.2 Å². The number of rotatable bonds is 6. The van der Waals surface area contributed by atoms with Crippen molar-refractivity contribution >= 4 is 34.4 Å². The quantitative estimate of drug-likeness (QED) is 0.543. The summed E-state index contributed by atoms with van der Waals surface area (Å²) in [5.41, 5.74) is 1.28. The van der Waals surface area contributed by atoms with E-state index >= 15 is 0 Å². The molecule has 1 aromatic carbocycles. The fourth-order valence-electron chi connectivity index (χ4n) is 4.64. The lowest BCUT2D eigenvalue weighted by Crippen LogP contribution is -2.54. The number of nitrogens with zero attached hydrogens (tertiary/aromatic N) is 6. The maximum Gasteiger partial charge on any atom is 0.238 e. The first kappa shape index (κ1) is 23.2. The largest absolute Gasteiger partial charge is 0.353 e. The second kappa shape index (κ2) is 10.4. The molecular weight excluding hydrogens is 451 g/mol. The Morgan fingerprint density at radius 3 is 2.46 bits per heavy atom. The molecular formula is C24H29FN8O2. The van der Waals surface area contributed by atoms with Gasteiger partial charge in [0.2, 0.25) is 11.8 Å². The van der Waals surface area contributed by atoms with Gasteiger partial charge in [0.05, 0.1) is 18.5 Å². The van der Waals surface area contributed by atoms with Gasteiger partial charge in [-0.2, -0.15) is 0 Å². The summed E-state index contributed by atoms with van der Waals surface area (Å²) < 4.78 is 13.3. The number of aromatic nitrogens is 3. The number of H-pyrrole nitrogens is 1. The van der Waals surface area contributed by atoms with Crippen molar-refractivity contribution in [2.45, 2.75) is 0 Å². The number of hydrogen-bond acceptors (Lipinski definition) is 7. The van der Waals surface area contributed by atoms with Crippen LogP contribution in [0.1, 0.15) is 0 Å². The van der Waals surface area contributed by atoms with E-state index in [-0.39, 0.29) is 24.2 Å². The Kier molecular flexibility index (Phi) is 6.87. The van der Waals surface area contributed by atoms with Crippen molar-refractivity contribution in [2.75, 3.05) is 75.7 Å². The molecule has 184 valence electrons. The van der Waals surface area contributed by atoms with Crippen LogP contribution >= 0.6 is 0 Å². The molecule has 10 nitrogen and oxygen atoms in total. The highest BCUT2D eigenvalue weighted by Crippen LogP contribution is 2.23. The van der Waals surface area contributed by atoms with Crippen molar-refractivity contribution in [1.82, 2.24) is 29.7 Å². The molecule has 5 rings (SSSR count). The molecule has 2 aliphatic heterocycles. The molecule has 11 heteroatoms. The fraction of sp³-hybridized carbons (Fsp3) is 0.417. The van der Waals surface area contributed by atoms with Crippen molar-refractivity contribution in [2.24, 2.45) is 0 Å². The van der Waals surface area contributed by atoms with Crippen molar-refractivity contribution in [3.63, 3.8) is 0 Å². The van der Waals surface area contributed by atoms with Gasteiger partial charge in [-0.05, 0) is 24.3 Å². The van der Waals surface area contributed by atoms with Crippen molar-refractivity contribution in [1.29, 1.82) is 0 Å². The summed E-state index contributed by atoms with van der Waals surface area (Å²) in [6.45, 7) is 6.28. The Bertz CT molecular complexity index is 1180. The molecule has 0 bridgehead atoms. The summed E-state index contributed by atoms with van der Waals surface area (Å²) >= 11 is 0. The summed E-state index contributed by atoms with van der Waals surface area (Å²) in [6.07, 6.45) is 3.45. The number of aromatic amines is 1. The average Bonchev–Trinajstić information content (AvgIpc) is 3.34. The predicted octanol–water partition coefficient (Wildman–Crippen LogP) is 1.00. The third-order valence-corrected chi connectivity index (χ3v) is 6.56. The molecule has 0 aliphatic carbocycles.